The molecule has 0 aromatic heterocycles. The van der Waals surface area contributed by atoms with Gasteiger partial charge in [-0.2, -0.15) is 0 Å². The summed E-state index contributed by atoms with van der Waals surface area (Å²) in [5.41, 5.74) is -1.37. The molecule has 1 fully saturated rings. The number of aliphatic carboxylic acids is 1. The van der Waals surface area contributed by atoms with E-state index in [0.717, 1.165) is 0 Å². The van der Waals surface area contributed by atoms with Gasteiger partial charge in [-0.1, -0.05) is 30.4 Å². The van der Waals surface area contributed by atoms with E-state index >= 15 is 0 Å². The molecule has 0 unspecified atom stereocenters. The number of carbonyl (C=O) groups excluding carboxylic acids is 2. The van der Waals surface area contributed by atoms with Crippen molar-refractivity contribution in [1.82, 2.24) is 5.32 Å². The van der Waals surface area contributed by atoms with Crippen molar-refractivity contribution in [3.8, 4) is 0 Å². The minimum Gasteiger partial charge on any atom is -0.479 e. The lowest BCUT2D eigenvalue weighted by molar-refractivity contribution is -0.151. The van der Waals surface area contributed by atoms with Crippen LogP contribution in [0.15, 0.2) is 42.5 Å². The summed E-state index contributed by atoms with van der Waals surface area (Å²) in [7, 11) is 0. The number of carboxylic acids is 1. The van der Waals surface area contributed by atoms with Gasteiger partial charge < -0.3 is 19.9 Å². The molecule has 0 radical (unpaired) electrons. The van der Waals surface area contributed by atoms with E-state index in [4.69, 9.17) is 9.47 Å². The molecule has 1 amide bonds. The van der Waals surface area contributed by atoms with Crippen LogP contribution in [0.3, 0.4) is 0 Å². The Labute approximate surface area is 144 Å². The van der Waals surface area contributed by atoms with Crippen molar-refractivity contribution in [1.29, 1.82) is 0 Å². The molecule has 0 heterocycles. The molecule has 7 nitrogen and oxygen atoms in total. The maximum absolute atomic E-state index is 12.6. The molecule has 2 bridgehead atoms. The first kappa shape index (κ1) is 17.0. The van der Waals surface area contributed by atoms with Crippen LogP contribution >= 0.6 is 0 Å². The highest BCUT2D eigenvalue weighted by Gasteiger charge is 2.64. The van der Waals surface area contributed by atoms with Crippen molar-refractivity contribution >= 4 is 18.0 Å². The number of nitrogens with one attached hydrogen (secondary N) is 1. The fourth-order valence-electron chi connectivity index (χ4n) is 3.62. The Kier molecular flexibility index (Phi) is 4.48. The zero-order valence-electron chi connectivity index (χ0n) is 13.7. The van der Waals surface area contributed by atoms with E-state index in [0.29, 0.717) is 12.0 Å². The zero-order chi connectivity index (χ0) is 18.0. The minimum absolute atomic E-state index is 0.117. The number of amides is 1. The van der Waals surface area contributed by atoms with E-state index in [-0.39, 0.29) is 12.5 Å². The SMILES string of the molecule is CCOC(=O)O[C@@H]1[C@H]2C=C[C@H](C2)[C@@]1(NC(=O)c1ccccc1)C(=O)O. The summed E-state index contributed by atoms with van der Waals surface area (Å²) in [6.45, 7) is 1.75. The van der Waals surface area contributed by atoms with Crippen LogP contribution in [0.25, 0.3) is 0 Å². The van der Waals surface area contributed by atoms with Crippen molar-refractivity contribution in [3.63, 3.8) is 0 Å². The predicted octanol–water partition coefficient (Wildman–Crippen LogP) is 1.99. The Morgan fingerprint density at radius 3 is 2.60 bits per heavy atom. The van der Waals surface area contributed by atoms with Gasteiger partial charge >= 0.3 is 12.1 Å². The second-order valence-corrected chi connectivity index (χ2v) is 6.11. The number of rotatable bonds is 5. The molecule has 25 heavy (non-hydrogen) atoms. The monoisotopic (exact) mass is 345 g/mol. The van der Waals surface area contributed by atoms with Crippen LogP contribution < -0.4 is 5.32 Å². The van der Waals surface area contributed by atoms with Crippen LogP contribution in [0.4, 0.5) is 4.79 Å². The largest absolute Gasteiger partial charge is 0.508 e. The number of carbonyl (C=O) groups is 3. The number of hydrogen-bond donors (Lipinski definition) is 2. The van der Waals surface area contributed by atoms with E-state index in [1.807, 2.05) is 6.08 Å². The minimum atomic E-state index is -1.71. The molecule has 0 saturated heterocycles. The topological polar surface area (TPSA) is 102 Å². The lowest BCUT2D eigenvalue weighted by Gasteiger charge is -2.37. The van der Waals surface area contributed by atoms with Crippen molar-refractivity contribution in [2.24, 2.45) is 11.8 Å². The van der Waals surface area contributed by atoms with Crippen molar-refractivity contribution in [3.05, 3.63) is 48.0 Å². The van der Waals surface area contributed by atoms with Gasteiger partial charge in [-0.3, -0.25) is 4.79 Å². The first-order valence-corrected chi connectivity index (χ1v) is 8.11. The molecule has 1 saturated carbocycles. The second kappa shape index (κ2) is 6.58. The zero-order valence-corrected chi connectivity index (χ0v) is 13.7. The Balaban J connectivity index is 1.91. The first-order valence-electron chi connectivity index (χ1n) is 8.11. The van der Waals surface area contributed by atoms with E-state index in [1.165, 1.54) is 0 Å². The molecule has 2 aliphatic carbocycles. The van der Waals surface area contributed by atoms with E-state index in [1.54, 1.807) is 43.3 Å². The number of carboxylic acid groups (broad SMARTS) is 1. The van der Waals surface area contributed by atoms with E-state index < -0.39 is 35.6 Å². The molecule has 0 aliphatic heterocycles. The Morgan fingerprint density at radius 1 is 1.24 bits per heavy atom. The van der Waals surface area contributed by atoms with Crippen LogP contribution in [0.2, 0.25) is 0 Å². The van der Waals surface area contributed by atoms with Gasteiger partial charge in [-0.05, 0) is 25.5 Å². The summed E-state index contributed by atoms with van der Waals surface area (Å²) in [5, 5.41) is 12.5. The summed E-state index contributed by atoms with van der Waals surface area (Å²) in [6, 6.07) is 8.33. The number of benzene rings is 1. The van der Waals surface area contributed by atoms with Gasteiger partial charge in [-0.25, -0.2) is 9.59 Å². The average Bonchev–Trinajstić information content (AvgIpc) is 3.18. The van der Waals surface area contributed by atoms with E-state index in [2.05, 4.69) is 5.32 Å². The van der Waals surface area contributed by atoms with Crippen molar-refractivity contribution in [2.45, 2.75) is 25.0 Å². The molecule has 3 rings (SSSR count). The maximum Gasteiger partial charge on any atom is 0.508 e. The molecular weight excluding hydrogens is 326 g/mol. The smallest absolute Gasteiger partial charge is 0.479 e. The van der Waals surface area contributed by atoms with Crippen molar-refractivity contribution in [2.75, 3.05) is 6.61 Å². The molecule has 2 N–H and O–H groups in total. The van der Waals surface area contributed by atoms with Crippen LogP contribution in [-0.4, -0.2) is 41.4 Å². The van der Waals surface area contributed by atoms with Crippen LogP contribution in [0, 0.1) is 11.8 Å². The van der Waals surface area contributed by atoms with Crippen LogP contribution in [-0.2, 0) is 14.3 Å². The van der Waals surface area contributed by atoms with Gasteiger partial charge in [-0.15, -0.1) is 0 Å². The Bertz CT molecular complexity index is 716. The molecule has 2 aliphatic rings. The lowest BCUT2D eigenvalue weighted by atomic mass is 9.81. The Hall–Kier alpha value is -2.83. The fraction of sp³-hybridized carbons (Fsp3) is 0.389. The number of fused-ring (bicyclic) bond motifs is 2. The molecule has 1 aromatic carbocycles. The quantitative estimate of drug-likeness (QED) is 0.625. The third-order valence-electron chi connectivity index (χ3n) is 4.73. The predicted molar refractivity (Wildman–Crippen MR) is 86.9 cm³/mol. The maximum atomic E-state index is 12.6. The average molecular weight is 345 g/mol. The first-order chi connectivity index (χ1) is 12.0. The van der Waals surface area contributed by atoms with Gasteiger partial charge in [0.25, 0.3) is 5.91 Å². The molecule has 0 spiro atoms. The summed E-state index contributed by atoms with van der Waals surface area (Å²) in [6.07, 6.45) is 2.12. The lowest BCUT2D eigenvalue weighted by Crippen LogP contribution is -2.65. The van der Waals surface area contributed by atoms with Crippen LogP contribution in [0.1, 0.15) is 23.7 Å². The van der Waals surface area contributed by atoms with Gasteiger partial charge in [0.2, 0.25) is 0 Å². The Morgan fingerprint density at radius 2 is 1.96 bits per heavy atom. The van der Waals surface area contributed by atoms with Gasteiger partial charge in [0.15, 0.2) is 5.54 Å². The van der Waals surface area contributed by atoms with E-state index in [9.17, 15) is 19.5 Å². The summed E-state index contributed by atoms with van der Waals surface area (Å²) in [5.74, 6) is -2.49. The second-order valence-electron chi connectivity index (χ2n) is 6.11. The van der Waals surface area contributed by atoms with Gasteiger partial charge in [0.05, 0.1) is 6.61 Å². The fourth-order valence-corrected chi connectivity index (χ4v) is 3.62. The summed E-state index contributed by atoms with van der Waals surface area (Å²) >= 11 is 0. The number of ether oxygens (including phenoxy) is 2. The van der Waals surface area contributed by atoms with Crippen LogP contribution in [0.5, 0.6) is 0 Å². The highest BCUT2D eigenvalue weighted by Crippen LogP contribution is 2.48. The molecule has 7 heteroatoms. The summed E-state index contributed by atoms with van der Waals surface area (Å²) in [4.78, 5) is 36.5. The highest BCUT2D eigenvalue weighted by molar-refractivity contribution is 5.98. The van der Waals surface area contributed by atoms with Crippen molar-refractivity contribution < 1.29 is 29.0 Å². The molecule has 1 aromatic rings. The summed E-state index contributed by atoms with van der Waals surface area (Å²) < 4.78 is 10.1. The third kappa shape index (κ3) is 2.86. The normalized spacial score (nSPS) is 29.2. The van der Waals surface area contributed by atoms with Gasteiger partial charge in [0.1, 0.15) is 6.10 Å². The third-order valence-corrected chi connectivity index (χ3v) is 4.73. The molecule has 132 valence electrons. The van der Waals surface area contributed by atoms with Gasteiger partial charge in [0, 0.05) is 17.4 Å². The highest BCUT2D eigenvalue weighted by atomic mass is 16.7. The molecule has 4 atom stereocenters. The standard InChI is InChI=1S/C18H19NO6/c1-2-24-17(23)25-14-12-8-9-13(10-12)18(14,16(21)22)19-15(20)11-6-4-3-5-7-11/h3-9,12-14H,2,10H2,1H3,(H,19,20)(H,21,22)/t12-,13+,14+,18-/m0/s1. The molecular formula is C18H19NO6. The number of hydrogen-bond acceptors (Lipinski definition) is 5.